The molecule has 2 rings (SSSR count). The summed E-state index contributed by atoms with van der Waals surface area (Å²) in [5.74, 6) is -0.379. The molecule has 0 saturated heterocycles. The number of hydrogen-bond donors (Lipinski definition) is 1. The molecule has 74 valence electrons. The topological polar surface area (TPSA) is 69.2 Å². The van der Waals surface area contributed by atoms with Crippen molar-refractivity contribution in [1.82, 2.24) is 0 Å². The normalized spacial score (nSPS) is 15.5. The van der Waals surface area contributed by atoms with Gasteiger partial charge >= 0.3 is 0 Å². The summed E-state index contributed by atoms with van der Waals surface area (Å²) in [6.07, 6.45) is 1.77. The molecule has 0 heterocycles. The van der Waals surface area contributed by atoms with Crippen LogP contribution in [0.15, 0.2) is 12.1 Å². The van der Waals surface area contributed by atoms with Crippen molar-refractivity contribution in [3.8, 4) is 0 Å². The number of benzene rings is 1. The fourth-order valence-electron chi connectivity index (χ4n) is 1.45. The van der Waals surface area contributed by atoms with E-state index in [2.05, 4.69) is 0 Å². The van der Waals surface area contributed by atoms with Crippen molar-refractivity contribution >= 4 is 11.4 Å². The second-order valence-corrected chi connectivity index (χ2v) is 3.47. The molecule has 2 N–H and O–H groups in total. The molecular formula is C9H9FN2O2. The van der Waals surface area contributed by atoms with Crippen LogP contribution in [0.2, 0.25) is 0 Å². The van der Waals surface area contributed by atoms with Gasteiger partial charge in [0.15, 0.2) is 0 Å². The van der Waals surface area contributed by atoms with E-state index in [-0.39, 0.29) is 17.3 Å². The Balaban J connectivity index is 2.52. The number of hydrogen-bond acceptors (Lipinski definition) is 3. The molecule has 0 aromatic heterocycles. The van der Waals surface area contributed by atoms with E-state index in [1.807, 2.05) is 0 Å². The van der Waals surface area contributed by atoms with Gasteiger partial charge in [-0.15, -0.1) is 0 Å². The van der Waals surface area contributed by atoms with Crippen LogP contribution in [0.4, 0.5) is 15.8 Å². The molecule has 5 heteroatoms. The number of rotatable bonds is 2. The minimum atomic E-state index is -0.554. The summed E-state index contributed by atoms with van der Waals surface area (Å²) in [4.78, 5) is 9.93. The summed E-state index contributed by atoms with van der Waals surface area (Å²) in [5, 5.41) is 10.5. The minimum absolute atomic E-state index is 0.122. The number of anilines is 1. The number of nitro groups is 1. The SMILES string of the molecule is Nc1cc([N+](=O)[O-])cc(C2CC2)c1F. The second kappa shape index (κ2) is 2.94. The zero-order valence-corrected chi connectivity index (χ0v) is 7.37. The molecule has 4 nitrogen and oxygen atoms in total. The van der Waals surface area contributed by atoms with E-state index in [1.54, 1.807) is 0 Å². The highest BCUT2D eigenvalue weighted by molar-refractivity contribution is 5.53. The van der Waals surface area contributed by atoms with Gasteiger partial charge in [-0.05, 0) is 24.3 Å². The largest absolute Gasteiger partial charge is 0.396 e. The Hall–Kier alpha value is -1.65. The van der Waals surface area contributed by atoms with Crippen LogP contribution < -0.4 is 5.73 Å². The Kier molecular flexibility index (Phi) is 1.87. The third kappa shape index (κ3) is 1.41. The highest BCUT2D eigenvalue weighted by atomic mass is 19.1. The molecule has 1 fully saturated rings. The quantitative estimate of drug-likeness (QED) is 0.447. The Morgan fingerprint density at radius 3 is 2.64 bits per heavy atom. The Labute approximate surface area is 79.7 Å². The summed E-state index contributed by atoms with van der Waals surface area (Å²) in [6, 6.07) is 2.34. The van der Waals surface area contributed by atoms with E-state index in [4.69, 9.17) is 5.73 Å². The van der Waals surface area contributed by atoms with Crippen LogP contribution in [0.25, 0.3) is 0 Å². The first kappa shape index (κ1) is 8.93. The van der Waals surface area contributed by atoms with E-state index < -0.39 is 10.7 Å². The molecule has 0 unspecified atom stereocenters. The summed E-state index contributed by atoms with van der Waals surface area (Å²) < 4.78 is 13.4. The van der Waals surface area contributed by atoms with Crippen molar-refractivity contribution in [2.75, 3.05) is 5.73 Å². The maximum absolute atomic E-state index is 13.4. The predicted octanol–water partition coefficient (Wildman–Crippen LogP) is 2.19. The number of nitro benzene ring substituents is 1. The highest BCUT2D eigenvalue weighted by Crippen LogP contribution is 2.43. The molecule has 1 aromatic carbocycles. The van der Waals surface area contributed by atoms with E-state index in [1.165, 1.54) is 6.07 Å². The second-order valence-electron chi connectivity index (χ2n) is 3.47. The van der Waals surface area contributed by atoms with Crippen LogP contribution in [0, 0.1) is 15.9 Å². The third-order valence-electron chi connectivity index (χ3n) is 2.34. The van der Waals surface area contributed by atoms with Crippen molar-refractivity contribution in [2.24, 2.45) is 0 Å². The molecule has 0 radical (unpaired) electrons. The molecule has 1 aliphatic carbocycles. The fourth-order valence-corrected chi connectivity index (χ4v) is 1.45. The van der Waals surface area contributed by atoms with Crippen LogP contribution in [0.3, 0.4) is 0 Å². The van der Waals surface area contributed by atoms with Crippen molar-refractivity contribution < 1.29 is 9.31 Å². The smallest absolute Gasteiger partial charge is 0.271 e. The van der Waals surface area contributed by atoms with E-state index >= 15 is 0 Å². The third-order valence-corrected chi connectivity index (χ3v) is 2.34. The zero-order chi connectivity index (χ0) is 10.3. The number of nitrogen functional groups attached to an aromatic ring is 1. The molecule has 0 spiro atoms. The van der Waals surface area contributed by atoms with Gasteiger partial charge in [-0.2, -0.15) is 0 Å². The number of nitrogens with two attached hydrogens (primary N) is 1. The first-order valence-electron chi connectivity index (χ1n) is 4.33. The van der Waals surface area contributed by atoms with Crippen molar-refractivity contribution in [1.29, 1.82) is 0 Å². The van der Waals surface area contributed by atoms with Gasteiger partial charge in [0.05, 0.1) is 10.6 Å². The predicted molar refractivity (Wildman–Crippen MR) is 49.4 cm³/mol. The average molecular weight is 196 g/mol. The van der Waals surface area contributed by atoms with Crippen LogP contribution in [0.5, 0.6) is 0 Å². The monoisotopic (exact) mass is 196 g/mol. The van der Waals surface area contributed by atoms with Gasteiger partial charge in [-0.25, -0.2) is 4.39 Å². The summed E-state index contributed by atoms with van der Waals surface area (Å²) >= 11 is 0. The van der Waals surface area contributed by atoms with E-state index in [0.717, 1.165) is 18.9 Å². The first-order valence-corrected chi connectivity index (χ1v) is 4.33. The minimum Gasteiger partial charge on any atom is -0.396 e. The number of nitrogens with zero attached hydrogens (tertiary/aromatic N) is 1. The first-order chi connectivity index (χ1) is 6.59. The molecule has 0 amide bonds. The Morgan fingerprint density at radius 1 is 1.50 bits per heavy atom. The molecule has 0 aliphatic heterocycles. The lowest BCUT2D eigenvalue weighted by molar-refractivity contribution is -0.384. The molecule has 0 atom stereocenters. The van der Waals surface area contributed by atoms with Crippen LogP contribution in [0.1, 0.15) is 24.3 Å². The fraction of sp³-hybridized carbons (Fsp3) is 0.333. The molecule has 1 aromatic rings. The average Bonchev–Trinajstić information content (AvgIpc) is 2.92. The van der Waals surface area contributed by atoms with Crippen LogP contribution in [-0.2, 0) is 0 Å². The van der Waals surface area contributed by atoms with Gasteiger partial charge in [0.25, 0.3) is 5.69 Å². The van der Waals surface area contributed by atoms with Gasteiger partial charge in [-0.1, -0.05) is 0 Å². The molecule has 14 heavy (non-hydrogen) atoms. The van der Waals surface area contributed by atoms with Gasteiger partial charge in [0, 0.05) is 12.1 Å². The maximum Gasteiger partial charge on any atom is 0.271 e. The highest BCUT2D eigenvalue weighted by Gasteiger charge is 2.29. The summed E-state index contributed by atoms with van der Waals surface area (Å²) in [6.45, 7) is 0. The lowest BCUT2D eigenvalue weighted by atomic mass is 10.1. The summed E-state index contributed by atoms with van der Waals surface area (Å²) in [5.41, 5.74) is 5.46. The lowest BCUT2D eigenvalue weighted by Gasteiger charge is -2.03. The molecule has 1 aliphatic rings. The van der Waals surface area contributed by atoms with Crippen molar-refractivity contribution in [3.63, 3.8) is 0 Å². The number of non-ortho nitro benzene ring substituents is 1. The van der Waals surface area contributed by atoms with Crippen molar-refractivity contribution in [2.45, 2.75) is 18.8 Å². The molecule has 0 bridgehead atoms. The van der Waals surface area contributed by atoms with Gasteiger partial charge in [0.2, 0.25) is 0 Å². The van der Waals surface area contributed by atoms with E-state index in [9.17, 15) is 14.5 Å². The van der Waals surface area contributed by atoms with Gasteiger partial charge in [-0.3, -0.25) is 10.1 Å². The molecular weight excluding hydrogens is 187 g/mol. The summed E-state index contributed by atoms with van der Waals surface area (Å²) in [7, 11) is 0. The Bertz CT molecular complexity index is 402. The maximum atomic E-state index is 13.4. The van der Waals surface area contributed by atoms with Gasteiger partial charge < -0.3 is 5.73 Å². The molecule has 1 saturated carbocycles. The van der Waals surface area contributed by atoms with Crippen LogP contribution >= 0.6 is 0 Å². The standard InChI is InChI=1S/C9H9FN2O2/c10-9-7(5-1-2-5)3-6(12(13)14)4-8(9)11/h3-5H,1-2,11H2. The lowest BCUT2D eigenvalue weighted by Crippen LogP contribution is -1.99. The van der Waals surface area contributed by atoms with Crippen molar-refractivity contribution in [3.05, 3.63) is 33.6 Å². The van der Waals surface area contributed by atoms with Gasteiger partial charge in [0.1, 0.15) is 5.82 Å². The van der Waals surface area contributed by atoms with E-state index in [0.29, 0.717) is 5.56 Å². The Morgan fingerprint density at radius 2 is 2.14 bits per heavy atom. The zero-order valence-electron chi connectivity index (χ0n) is 7.37. The number of halogens is 1. The van der Waals surface area contributed by atoms with Crippen LogP contribution in [-0.4, -0.2) is 4.92 Å².